The van der Waals surface area contributed by atoms with Crippen LogP contribution < -0.4 is 9.64 Å². The van der Waals surface area contributed by atoms with Crippen molar-refractivity contribution in [3.63, 3.8) is 0 Å². The highest BCUT2D eigenvalue weighted by molar-refractivity contribution is 5.70. The summed E-state index contributed by atoms with van der Waals surface area (Å²) in [6.45, 7) is 9.42. The van der Waals surface area contributed by atoms with Gasteiger partial charge in [0.2, 0.25) is 0 Å². The summed E-state index contributed by atoms with van der Waals surface area (Å²) in [6.07, 6.45) is 0.0284. The third-order valence-electron chi connectivity index (χ3n) is 2.92. The molecule has 2 heterocycles. The molecule has 1 aromatic heterocycles. The topological polar surface area (TPSA) is 73.8 Å². The van der Waals surface area contributed by atoms with Gasteiger partial charge in [0, 0.05) is 24.8 Å². The summed E-state index contributed by atoms with van der Waals surface area (Å²) in [5.41, 5.74) is 0.850. The molecule has 0 bridgehead atoms. The van der Waals surface area contributed by atoms with E-state index in [1.807, 2.05) is 31.7 Å². The number of carbonyl (C=O) groups is 1. The van der Waals surface area contributed by atoms with E-state index in [0.717, 1.165) is 11.5 Å². The molecule has 0 atom stereocenters. The molecule has 0 radical (unpaired) electrons. The van der Waals surface area contributed by atoms with Gasteiger partial charge in [0.05, 0.1) is 19.8 Å². The molecule has 124 valence electrons. The summed E-state index contributed by atoms with van der Waals surface area (Å²) >= 11 is 0. The molecule has 0 aromatic carbocycles. The van der Waals surface area contributed by atoms with Crippen LogP contribution >= 0.6 is 0 Å². The first-order valence-corrected chi connectivity index (χ1v) is 7.54. The molecular formula is C15H25N3O4. The minimum atomic E-state index is -0.328. The minimum Gasteiger partial charge on any atom is -0.467 e. The fraction of sp³-hybridized carbons (Fsp3) is 0.667. The molecule has 7 nitrogen and oxygen atoms in total. The van der Waals surface area contributed by atoms with E-state index in [2.05, 4.69) is 9.97 Å². The molecule has 0 aliphatic carbocycles. The second-order valence-electron chi connectivity index (χ2n) is 4.50. The van der Waals surface area contributed by atoms with Crippen molar-refractivity contribution in [1.82, 2.24) is 9.97 Å². The van der Waals surface area contributed by atoms with Crippen molar-refractivity contribution in [2.75, 3.05) is 38.3 Å². The number of hydrogen-bond donors (Lipinski definition) is 0. The number of nitrogens with zero attached hydrogens (tertiary/aromatic N) is 3. The largest absolute Gasteiger partial charge is 0.467 e. The van der Waals surface area contributed by atoms with Gasteiger partial charge in [-0.15, -0.1) is 0 Å². The lowest BCUT2D eigenvalue weighted by molar-refractivity contribution is -0.151. The maximum Gasteiger partial charge on any atom is 0.332 e. The summed E-state index contributed by atoms with van der Waals surface area (Å²) in [5, 5.41) is 0. The van der Waals surface area contributed by atoms with Crippen LogP contribution in [0.4, 0.5) is 5.82 Å². The number of rotatable bonds is 6. The maximum absolute atomic E-state index is 11.2. The molecule has 0 spiro atoms. The number of anilines is 1. The second-order valence-corrected chi connectivity index (χ2v) is 4.50. The van der Waals surface area contributed by atoms with Crippen molar-refractivity contribution in [2.24, 2.45) is 0 Å². The molecule has 7 heteroatoms. The van der Waals surface area contributed by atoms with Crippen LogP contribution in [0.1, 0.15) is 26.5 Å². The number of methoxy groups -OCH3 is 1. The number of hydrogen-bond acceptors (Lipinski definition) is 7. The SMILES string of the molecule is CC.CCOC(=O)COC1CN(c2cc(C)nc(OC)n2)C1. The van der Waals surface area contributed by atoms with Crippen molar-refractivity contribution < 1.29 is 19.0 Å². The summed E-state index contributed by atoms with van der Waals surface area (Å²) in [5.74, 6) is 0.482. The third-order valence-corrected chi connectivity index (χ3v) is 2.92. The highest BCUT2D eigenvalue weighted by atomic mass is 16.6. The van der Waals surface area contributed by atoms with Crippen LogP contribution in [0.3, 0.4) is 0 Å². The van der Waals surface area contributed by atoms with E-state index in [-0.39, 0.29) is 18.7 Å². The van der Waals surface area contributed by atoms with Gasteiger partial charge in [0.15, 0.2) is 0 Å². The predicted octanol–water partition coefficient (Wildman–Crippen LogP) is 1.59. The number of aryl methyl sites for hydroxylation is 1. The first kappa shape index (κ1) is 18.2. The van der Waals surface area contributed by atoms with E-state index in [1.54, 1.807) is 14.0 Å². The summed E-state index contributed by atoms with van der Waals surface area (Å²) in [7, 11) is 1.54. The van der Waals surface area contributed by atoms with Crippen LogP contribution in [0.25, 0.3) is 0 Å². The zero-order chi connectivity index (χ0) is 16.5. The van der Waals surface area contributed by atoms with Gasteiger partial charge < -0.3 is 19.1 Å². The Balaban J connectivity index is 0.00000116. The van der Waals surface area contributed by atoms with E-state index in [4.69, 9.17) is 14.2 Å². The Labute approximate surface area is 131 Å². The normalized spacial score (nSPS) is 13.8. The van der Waals surface area contributed by atoms with Crippen molar-refractivity contribution in [3.05, 3.63) is 11.8 Å². The van der Waals surface area contributed by atoms with Crippen LogP contribution in [0.15, 0.2) is 6.07 Å². The number of ether oxygens (including phenoxy) is 3. The van der Waals surface area contributed by atoms with E-state index < -0.39 is 0 Å². The molecule has 0 saturated carbocycles. The molecule has 0 N–H and O–H groups in total. The molecular weight excluding hydrogens is 286 g/mol. The third kappa shape index (κ3) is 5.14. The lowest BCUT2D eigenvalue weighted by Crippen LogP contribution is -2.53. The molecule has 1 saturated heterocycles. The van der Waals surface area contributed by atoms with Crippen LogP contribution in [0.2, 0.25) is 0 Å². The number of esters is 1. The van der Waals surface area contributed by atoms with Crippen LogP contribution in [-0.4, -0.2) is 55.5 Å². The van der Waals surface area contributed by atoms with Gasteiger partial charge in [-0.2, -0.15) is 4.98 Å². The molecule has 1 aliphatic heterocycles. The van der Waals surface area contributed by atoms with Gasteiger partial charge in [-0.3, -0.25) is 0 Å². The minimum absolute atomic E-state index is 0.00152. The Morgan fingerprint density at radius 3 is 2.64 bits per heavy atom. The fourth-order valence-corrected chi connectivity index (χ4v) is 1.90. The maximum atomic E-state index is 11.2. The first-order chi connectivity index (χ1) is 10.6. The lowest BCUT2D eigenvalue weighted by atomic mass is 10.1. The second kappa shape index (κ2) is 9.19. The van der Waals surface area contributed by atoms with Crippen molar-refractivity contribution >= 4 is 11.8 Å². The Bertz CT molecular complexity index is 476. The summed E-state index contributed by atoms with van der Waals surface area (Å²) in [4.78, 5) is 21.6. The van der Waals surface area contributed by atoms with E-state index >= 15 is 0 Å². The molecule has 0 amide bonds. The monoisotopic (exact) mass is 311 g/mol. The van der Waals surface area contributed by atoms with Gasteiger partial charge in [0.25, 0.3) is 0 Å². The molecule has 1 aromatic rings. The highest BCUT2D eigenvalue weighted by Gasteiger charge is 2.29. The quantitative estimate of drug-likeness (QED) is 0.738. The number of aromatic nitrogens is 2. The zero-order valence-electron chi connectivity index (χ0n) is 14.0. The molecule has 1 fully saturated rings. The lowest BCUT2D eigenvalue weighted by Gasteiger charge is -2.39. The smallest absolute Gasteiger partial charge is 0.332 e. The van der Waals surface area contributed by atoms with Crippen LogP contribution in [-0.2, 0) is 14.3 Å². The van der Waals surface area contributed by atoms with Gasteiger partial charge in [-0.05, 0) is 13.8 Å². The Morgan fingerprint density at radius 1 is 1.36 bits per heavy atom. The standard InChI is InChI=1S/C13H19N3O4.C2H6/c1-4-19-12(17)8-20-10-6-16(7-10)11-5-9(2)14-13(15-11)18-3;1-2/h5,10H,4,6-8H2,1-3H3;1-2H3. The predicted molar refractivity (Wildman–Crippen MR) is 83.3 cm³/mol. The molecule has 2 rings (SSSR count). The average molecular weight is 311 g/mol. The van der Waals surface area contributed by atoms with E-state index in [1.165, 1.54) is 0 Å². The first-order valence-electron chi connectivity index (χ1n) is 7.54. The van der Waals surface area contributed by atoms with Crippen LogP contribution in [0.5, 0.6) is 6.01 Å². The average Bonchev–Trinajstić information content (AvgIpc) is 2.47. The van der Waals surface area contributed by atoms with Crippen molar-refractivity contribution in [3.8, 4) is 6.01 Å². The molecule has 1 aliphatic rings. The van der Waals surface area contributed by atoms with Crippen molar-refractivity contribution in [1.29, 1.82) is 0 Å². The van der Waals surface area contributed by atoms with Gasteiger partial charge >= 0.3 is 12.0 Å². The Morgan fingerprint density at radius 2 is 2.05 bits per heavy atom. The molecule has 22 heavy (non-hydrogen) atoms. The fourth-order valence-electron chi connectivity index (χ4n) is 1.90. The van der Waals surface area contributed by atoms with Gasteiger partial charge in [0.1, 0.15) is 12.4 Å². The highest BCUT2D eigenvalue weighted by Crippen LogP contribution is 2.22. The van der Waals surface area contributed by atoms with Crippen molar-refractivity contribution in [2.45, 2.75) is 33.8 Å². The Hall–Kier alpha value is -1.89. The zero-order valence-corrected chi connectivity index (χ0v) is 14.0. The van der Waals surface area contributed by atoms with E-state index in [9.17, 15) is 4.79 Å². The van der Waals surface area contributed by atoms with Crippen LogP contribution in [0, 0.1) is 6.92 Å². The summed E-state index contributed by atoms with van der Waals surface area (Å²) < 4.78 is 15.3. The Kier molecular flexibility index (Phi) is 7.59. The van der Waals surface area contributed by atoms with Gasteiger partial charge in [-0.1, -0.05) is 13.8 Å². The van der Waals surface area contributed by atoms with Gasteiger partial charge in [-0.25, -0.2) is 9.78 Å². The summed E-state index contributed by atoms with van der Waals surface area (Å²) in [6, 6.07) is 2.25. The van der Waals surface area contributed by atoms with E-state index in [0.29, 0.717) is 25.7 Å². The number of carbonyl (C=O) groups excluding carboxylic acids is 1. The molecule has 0 unspecified atom stereocenters.